The maximum absolute atomic E-state index is 12.9. The van der Waals surface area contributed by atoms with Gasteiger partial charge in [0.15, 0.2) is 0 Å². The zero-order chi connectivity index (χ0) is 24.1. The molecule has 1 heterocycles. The van der Waals surface area contributed by atoms with Gasteiger partial charge in [0.25, 0.3) is 5.91 Å². The molecule has 1 aliphatic heterocycles. The number of hydrogen-bond donors (Lipinski definition) is 1. The van der Waals surface area contributed by atoms with Gasteiger partial charge in [-0.2, -0.15) is 0 Å². The molecule has 0 spiro atoms. The van der Waals surface area contributed by atoms with E-state index in [4.69, 9.17) is 0 Å². The van der Waals surface area contributed by atoms with Crippen molar-refractivity contribution in [2.45, 2.75) is 51.8 Å². The Kier molecular flexibility index (Phi) is 7.73. The molecule has 0 bridgehead atoms. The molecule has 0 aromatic heterocycles. The number of carbonyl (C=O) groups excluding carboxylic acids is 2. The topological polar surface area (TPSA) is 49.4 Å². The summed E-state index contributed by atoms with van der Waals surface area (Å²) in [7, 11) is 0. The van der Waals surface area contributed by atoms with Crippen LogP contribution >= 0.6 is 11.8 Å². The van der Waals surface area contributed by atoms with Crippen LogP contribution < -0.4 is 10.2 Å². The highest BCUT2D eigenvalue weighted by Gasteiger charge is 2.35. The third kappa shape index (κ3) is 5.53. The second-order valence-electron chi connectivity index (χ2n) is 8.95. The summed E-state index contributed by atoms with van der Waals surface area (Å²) in [6.07, 6.45) is 4.65. The van der Waals surface area contributed by atoms with E-state index in [-0.39, 0.29) is 17.2 Å². The Morgan fingerprint density at radius 1 is 1.03 bits per heavy atom. The zero-order valence-electron chi connectivity index (χ0n) is 20.1. The zero-order valence-corrected chi connectivity index (χ0v) is 21.0. The molecule has 4 rings (SSSR count). The molecule has 1 saturated heterocycles. The summed E-state index contributed by atoms with van der Waals surface area (Å²) in [6.45, 7) is 6.28. The standard InChI is InChI=1S/C29H32N2O2S/c1-4-5-6-8-22-13-15-23(16-14-22)28(33)30-25-10-7-9-24(18-25)29-31(27(32)19-34-29)26-17-20(2)11-12-21(26)3/h7,9-18,29H,4-6,8,19H2,1-3H3,(H,30,33)/t29-/m0/s1. The second-order valence-corrected chi connectivity index (χ2v) is 10.0. The fourth-order valence-corrected chi connectivity index (χ4v) is 5.44. The Labute approximate surface area is 206 Å². The molecule has 0 unspecified atom stereocenters. The molecule has 176 valence electrons. The van der Waals surface area contributed by atoms with Crippen LogP contribution in [-0.2, 0) is 11.2 Å². The van der Waals surface area contributed by atoms with Gasteiger partial charge in [-0.1, -0.05) is 56.2 Å². The van der Waals surface area contributed by atoms with E-state index in [0.29, 0.717) is 11.3 Å². The third-order valence-electron chi connectivity index (χ3n) is 6.21. The van der Waals surface area contributed by atoms with Gasteiger partial charge in [0.1, 0.15) is 5.37 Å². The van der Waals surface area contributed by atoms with Crippen molar-refractivity contribution in [3.8, 4) is 0 Å². The number of thioether (sulfide) groups is 1. The van der Waals surface area contributed by atoms with Gasteiger partial charge in [-0.25, -0.2) is 0 Å². The van der Waals surface area contributed by atoms with Crippen LogP contribution in [0.3, 0.4) is 0 Å². The molecular formula is C29H32N2O2S. The van der Waals surface area contributed by atoms with Gasteiger partial charge >= 0.3 is 0 Å². The van der Waals surface area contributed by atoms with Gasteiger partial charge in [-0.05, 0) is 79.3 Å². The fraction of sp³-hybridized carbons (Fsp3) is 0.310. The highest BCUT2D eigenvalue weighted by Crippen LogP contribution is 2.43. The Bertz CT molecular complexity index is 1170. The van der Waals surface area contributed by atoms with Crippen LogP contribution in [0.25, 0.3) is 0 Å². The summed E-state index contributed by atoms with van der Waals surface area (Å²) in [5.41, 5.74) is 6.80. The first kappa shape index (κ1) is 24.1. The summed E-state index contributed by atoms with van der Waals surface area (Å²) in [6, 6.07) is 21.9. The first-order chi connectivity index (χ1) is 16.5. The van der Waals surface area contributed by atoms with Gasteiger partial charge in [0.05, 0.1) is 5.75 Å². The minimum absolute atomic E-state index is 0.108. The van der Waals surface area contributed by atoms with E-state index < -0.39 is 0 Å². The second kappa shape index (κ2) is 10.9. The maximum atomic E-state index is 12.9. The number of hydrogen-bond acceptors (Lipinski definition) is 3. The predicted molar refractivity (Wildman–Crippen MR) is 143 cm³/mol. The molecule has 3 aromatic carbocycles. The molecule has 5 heteroatoms. The minimum atomic E-state index is -0.126. The fourth-order valence-electron chi connectivity index (χ4n) is 4.29. The summed E-state index contributed by atoms with van der Waals surface area (Å²) in [5, 5.41) is 2.91. The van der Waals surface area contributed by atoms with E-state index in [1.165, 1.54) is 24.8 Å². The summed E-state index contributed by atoms with van der Waals surface area (Å²) < 4.78 is 0. The Balaban J connectivity index is 1.50. The van der Waals surface area contributed by atoms with Crippen molar-refractivity contribution < 1.29 is 9.59 Å². The Hall–Kier alpha value is -3.05. The van der Waals surface area contributed by atoms with Crippen LogP contribution in [0.5, 0.6) is 0 Å². The minimum Gasteiger partial charge on any atom is -0.322 e. The van der Waals surface area contributed by atoms with Crippen LogP contribution in [0.15, 0.2) is 66.7 Å². The van der Waals surface area contributed by atoms with Crippen molar-refractivity contribution in [3.05, 3.63) is 94.5 Å². The van der Waals surface area contributed by atoms with Crippen molar-refractivity contribution in [1.29, 1.82) is 0 Å². The number of aryl methyl sites for hydroxylation is 3. The van der Waals surface area contributed by atoms with Crippen molar-refractivity contribution >= 4 is 35.0 Å². The molecule has 1 fully saturated rings. The molecule has 0 aliphatic carbocycles. The average Bonchev–Trinajstić information content (AvgIpc) is 3.22. The number of amides is 2. The molecule has 34 heavy (non-hydrogen) atoms. The Morgan fingerprint density at radius 2 is 1.82 bits per heavy atom. The quantitative estimate of drug-likeness (QED) is 0.357. The monoisotopic (exact) mass is 472 g/mol. The predicted octanol–water partition coefficient (Wildman–Crippen LogP) is 7.07. The lowest BCUT2D eigenvalue weighted by atomic mass is 10.0. The molecule has 1 N–H and O–H groups in total. The van der Waals surface area contributed by atoms with Gasteiger partial charge < -0.3 is 5.32 Å². The summed E-state index contributed by atoms with van der Waals surface area (Å²) in [4.78, 5) is 27.6. The summed E-state index contributed by atoms with van der Waals surface area (Å²) in [5.74, 6) is 0.426. The van der Waals surface area contributed by atoms with E-state index in [9.17, 15) is 9.59 Å². The maximum Gasteiger partial charge on any atom is 0.255 e. The lowest BCUT2D eigenvalue weighted by Crippen LogP contribution is -2.28. The lowest BCUT2D eigenvalue weighted by molar-refractivity contribution is -0.115. The number of nitrogens with one attached hydrogen (secondary N) is 1. The highest BCUT2D eigenvalue weighted by atomic mass is 32.2. The normalized spacial score (nSPS) is 15.6. The molecule has 0 radical (unpaired) electrons. The number of benzene rings is 3. The lowest BCUT2D eigenvalue weighted by Gasteiger charge is -2.26. The van der Waals surface area contributed by atoms with E-state index in [0.717, 1.165) is 34.5 Å². The van der Waals surface area contributed by atoms with Crippen LogP contribution in [0, 0.1) is 13.8 Å². The van der Waals surface area contributed by atoms with Crippen LogP contribution in [0.1, 0.15) is 64.2 Å². The van der Waals surface area contributed by atoms with E-state index in [1.54, 1.807) is 11.8 Å². The van der Waals surface area contributed by atoms with Gasteiger partial charge in [0, 0.05) is 16.9 Å². The largest absolute Gasteiger partial charge is 0.322 e. The van der Waals surface area contributed by atoms with E-state index in [1.807, 2.05) is 67.3 Å². The number of carbonyl (C=O) groups is 2. The SMILES string of the molecule is CCCCCc1ccc(C(=O)Nc2cccc([C@@H]3SCC(=O)N3c3cc(C)ccc3C)c2)cc1. The van der Waals surface area contributed by atoms with E-state index in [2.05, 4.69) is 30.4 Å². The summed E-state index contributed by atoms with van der Waals surface area (Å²) >= 11 is 1.62. The van der Waals surface area contributed by atoms with Crippen molar-refractivity contribution in [2.24, 2.45) is 0 Å². The molecule has 4 nitrogen and oxygen atoms in total. The molecule has 1 atom stereocenters. The van der Waals surface area contributed by atoms with Crippen LogP contribution in [-0.4, -0.2) is 17.6 Å². The number of unbranched alkanes of at least 4 members (excludes halogenated alkanes) is 2. The van der Waals surface area contributed by atoms with Crippen molar-refractivity contribution in [3.63, 3.8) is 0 Å². The number of nitrogens with zero attached hydrogens (tertiary/aromatic N) is 1. The highest BCUT2D eigenvalue weighted by molar-refractivity contribution is 8.00. The molecule has 2 amide bonds. The number of anilines is 2. The Morgan fingerprint density at radius 3 is 2.59 bits per heavy atom. The first-order valence-corrected chi connectivity index (χ1v) is 13.0. The van der Waals surface area contributed by atoms with Crippen molar-refractivity contribution in [2.75, 3.05) is 16.0 Å². The third-order valence-corrected chi connectivity index (χ3v) is 7.42. The van der Waals surface area contributed by atoms with Crippen molar-refractivity contribution in [1.82, 2.24) is 0 Å². The smallest absolute Gasteiger partial charge is 0.255 e. The molecule has 1 aliphatic rings. The van der Waals surface area contributed by atoms with Gasteiger partial charge in [0.2, 0.25) is 5.91 Å². The molecule has 3 aromatic rings. The average molecular weight is 473 g/mol. The van der Waals surface area contributed by atoms with Crippen LogP contribution in [0.2, 0.25) is 0 Å². The molecule has 0 saturated carbocycles. The van der Waals surface area contributed by atoms with E-state index >= 15 is 0 Å². The number of rotatable bonds is 8. The van der Waals surface area contributed by atoms with Crippen LogP contribution in [0.4, 0.5) is 11.4 Å². The van der Waals surface area contributed by atoms with Gasteiger partial charge in [-0.15, -0.1) is 11.8 Å². The first-order valence-electron chi connectivity index (χ1n) is 12.0. The molecular weight excluding hydrogens is 440 g/mol. The van der Waals surface area contributed by atoms with Gasteiger partial charge in [-0.3, -0.25) is 14.5 Å².